The highest BCUT2D eigenvalue weighted by Crippen LogP contribution is 2.36. The highest BCUT2D eigenvalue weighted by molar-refractivity contribution is 9.10. The average Bonchev–Trinajstić information content (AvgIpc) is 2.21. The number of pyridine rings is 1. The summed E-state index contributed by atoms with van der Waals surface area (Å²) in [5.41, 5.74) is 1.66. The van der Waals surface area contributed by atoms with Crippen molar-refractivity contribution >= 4 is 21.6 Å². The Morgan fingerprint density at radius 1 is 1.31 bits per heavy atom. The molecule has 0 spiro atoms. The molecular weight excluding hydrogens is 264 g/mol. The van der Waals surface area contributed by atoms with Crippen LogP contribution in [-0.4, -0.2) is 11.0 Å². The molecule has 0 atom stereocenters. The van der Waals surface area contributed by atoms with Gasteiger partial charge in [-0.15, -0.1) is 0 Å². The van der Waals surface area contributed by atoms with Gasteiger partial charge in [0.2, 0.25) is 0 Å². The second-order valence-corrected chi connectivity index (χ2v) is 6.39. The van der Waals surface area contributed by atoms with Crippen molar-refractivity contribution in [2.75, 3.05) is 5.32 Å². The van der Waals surface area contributed by atoms with Crippen molar-refractivity contribution in [2.24, 2.45) is 5.41 Å². The number of aromatic nitrogens is 1. The lowest BCUT2D eigenvalue weighted by molar-refractivity contribution is 0.232. The molecular formula is C13H19BrN2. The quantitative estimate of drug-likeness (QED) is 0.878. The Hall–Kier alpha value is -0.570. The van der Waals surface area contributed by atoms with Crippen LogP contribution in [0.1, 0.15) is 39.5 Å². The summed E-state index contributed by atoms with van der Waals surface area (Å²) >= 11 is 3.44. The Balaban J connectivity index is 1.92. The van der Waals surface area contributed by atoms with E-state index in [0.29, 0.717) is 11.5 Å². The number of halogens is 1. The van der Waals surface area contributed by atoms with Crippen molar-refractivity contribution in [1.82, 2.24) is 4.98 Å². The molecule has 0 aliphatic heterocycles. The minimum Gasteiger partial charge on any atom is -0.381 e. The first-order chi connectivity index (χ1) is 7.55. The Morgan fingerprint density at radius 2 is 2.00 bits per heavy atom. The zero-order valence-electron chi connectivity index (χ0n) is 9.96. The van der Waals surface area contributed by atoms with Crippen molar-refractivity contribution in [1.29, 1.82) is 0 Å². The van der Waals surface area contributed by atoms with Crippen LogP contribution in [0.2, 0.25) is 0 Å². The molecule has 1 heterocycles. The summed E-state index contributed by atoms with van der Waals surface area (Å²) in [7, 11) is 0. The first-order valence-electron chi connectivity index (χ1n) is 5.92. The molecule has 0 aromatic carbocycles. The van der Waals surface area contributed by atoms with Crippen molar-refractivity contribution < 1.29 is 0 Å². The maximum atomic E-state index is 4.17. The molecule has 1 aliphatic rings. The molecule has 1 N–H and O–H groups in total. The second kappa shape index (κ2) is 4.74. The SMILES string of the molecule is CC1(C)CCC(Nc2cncc(Br)c2)CC1. The molecule has 1 aromatic heterocycles. The fourth-order valence-electron chi connectivity index (χ4n) is 2.27. The number of rotatable bonds is 2. The molecule has 1 aromatic rings. The molecule has 0 bridgehead atoms. The maximum Gasteiger partial charge on any atom is 0.0540 e. The van der Waals surface area contributed by atoms with Gasteiger partial charge < -0.3 is 5.32 Å². The molecule has 3 heteroatoms. The smallest absolute Gasteiger partial charge is 0.0540 e. The summed E-state index contributed by atoms with van der Waals surface area (Å²) in [6, 6.07) is 2.70. The lowest BCUT2D eigenvalue weighted by Gasteiger charge is -2.35. The Labute approximate surface area is 106 Å². The summed E-state index contributed by atoms with van der Waals surface area (Å²) in [6.45, 7) is 4.73. The van der Waals surface area contributed by atoms with Crippen LogP contribution in [0.3, 0.4) is 0 Å². The first kappa shape index (κ1) is 11.9. The lowest BCUT2D eigenvalue weighted by atomic mass is 9.75. The number of hydrogen-bond acceptors (Lipinski definition) is 2. The number of nitrogens with one attached hydrogen (secondary N) is 1. The summed E-state index contributed by atoms with van der Waals surface area (Å²) in [5.74, 6) is 0. The monoisotopic (exact) mass is 282 g/mol. The van der Waals surface area contributed by atoms with Crippen molar-refractivity contribution in [3.63, 3.8) is 0 Å². The van der Waals surface area contributed by atoms with Gasteiger partial charge in [-0.1, -0.05) is 13.8 Å². The van der Waals surface area contributed by atoms with Gasteiger partial charge in [0, 0.05) is 16.7 Å². The van der Waals surface area contributed by atoms with Gasteiger partial charge in [0.15, 0.2) is 0 Å². The van der Waals surface area contributed by atoms with Crippen molar-refractivity contribution in [2.45, 2.75) is 45.6 Å². The van der Waals surface area contributed by atoms with Gasteiger partial charge in [-0.3, -0.25) is 4.98 Å². The zero-order valence-corrected chi connectivity index (χ0v) is 11.5. The maximum absolute atomic E-state index is 4.17. The summed E-state index contributed by atoms with van der Waals surface area (Å²) < 4.78 is 1.04. The van der Waals surface area contributed by atoms with E-state index in [-0.39, 0.29) is 0 Å². The predicted octanol–water partition coefficient (Wildman–Crippen LogP) is 4.22. The second-order valence-electron chi connectivity index (χ2n) is 5.47. The molecule has 0 saturated heterocycles. The first-order valence-corrected chi connectivity index (χ1v) is 6.72. The molecule has 88 valence electrons. The van der Waals surface area contributed by atoms with Crippen LogP contribution in [-0.2, 0) is 0 Å². The van der Waals surface area contributed by atoms with Gasteiger partial charge in [0.05, 0.1) is 11.9 Å². The van der Waals surface area contributed by atoms with E-state index in [2.05, 4.69) is 46.1 Å². The number of hydrogen-bond donors (Lipinski definition) is 1. The van der Waals surface area contributed by atoms with Crippen LogP contribution >= 0.6 is 15.9 Å². The molecule has 2 nitrogen and oxygen atoms in total. The number of anilines is 1. The van der Waals surface area contributed by atoms with E-state index in [0.717, 1.165) is 10.2 Å². The van der Waals surface area contributed by atoms with Gasteiger partial charge in [0.1, 0.15) is 0 Å². The van der Waals surface area contributed by atoms with Crippen LogP contribution in [0, 0.1) is 5.41 Å². The third-order valence-corrected chi connectivity index (χ3v) is 3.85. The van der Waals surface area contributed by atoms with Gasteiger partial charge in [-0.05, 0) is 53.1 Å². The molecule has 1 saturated carbocycles. The molecule has 0 radical (unpaired) electrons. The molecule has 1 aliphatic carbocycles. The van der Waals surface area contributed by atoms with Crippen molar-refractivity contribution in [3.05, 3.63) is 22.9 Å². The summed E-state index contributed by atoms with van der Waals surface area (Å²) in [6.07, 6.45) is 8.86. The lowest BCUT2D eigenvalue weighted by Crippen LogP contribution is -2.29. The van der Waals surface area contributed by atoms with Crippen LogP contribution in [0.5, 0.6) is 0 Å². The molecule has 16 heavy (non-hydrogen) atoms. The van der Waals surface area contributed by atoms with E-state index >= 15 is 0 Å². The van der Waals surface area contributed by atoms with Gasteiger partial charge >= 0.3 is 0 Å². The largest absolute Gasteiger partial charge is 0.381 e. The van der Waals surface area contributed by atoms with E-state index in [1.807, 2.05) is 12.4 Å². The fourth-order valence-corrected chi connectivity index (χ4v) is 2.63. The minimum absolute atomic E-state index is 0.535. The van der Waals surface area contributed by atoms with E-state index in [1.54, 1.807) is 0 Å². The van der Waals surface area contributed by atoms with Gasteiger partial charge in [0.25, 0.3) is 0 Å². The van der Waals surface area contributed by atoms with Crippen molar-refractivity contribution in [3.8, 4) is 0 Å². The van der Waals surface area contributed by atoms with Crippen LogP contribution < -0.4 is 5.32 Å². The third kappa shape index (κ3) is 3.21. The van der Waals surface area contributed by atoms with Gasteiger partial charge in [-0.25, -0.2) is 0 Å². The Kier molecular flexibility index (Phi) is 3.53. The average molecular weight is 283 g/mol. The highest BCUT2D eigenvalue weighted by Gasteiger charge is 2.26. The Morgan fingerprint density at radius 3 is 2.62 bits per heavy atom. The highest BCUT2D eigenvalue weighted by atomic mass is 79.9. The van der Waals surface area contributed by atoms with E-state index in [1.165, 1.54) is 25.7 Å². The zero-order chi connectivity index (χ0) is 11.6. The van der Waals surface area contributed by atoms with E-state index in [4.69, 9.17) is 0 Å². The van der Waals surface area contributed by atoms with Gasteiger partial charge in [-0.2, -0.15) is 0 Å². The summed E-state index contributed by atoms with van der Waals surface area (Å²) in [5, 5.41) is 3.57. The Bertz CT molecular complexity index is 353. The van der Waals surface area contributed by atoms with Crippen LogP contribution in [0.25, 0.3) is 0 Å². The predicted molar refractivity (Wildman–Crippen MR) is 71.6 cm³/mol. The molecule has 1 fully saturated rings. The molecule has 0 amide bonds. The number of nitrogens with zero attached hydrogens (tertiary/aromatic N) is 1. The fraction of sp³-hybridized carbons (Fsp3) is 0.615. The third-order valence-electron chi connectivity index (χ3n) is 3.41. The molecule has 0 unspecified atom stereocenters. The summed E-state index contributed by atoms with van der Waals surface area (Å²) in [4.78, 5) is 4.17. The van der Waals surface area contributed by atoms with E-state index in [9.17, 15) is 0 Å². The van der Waals surface area contributed by atoms with E-state index < -0.39 is 0 Å². The normalized spacial score (nSPS) is 20.7. The minimum atomic E-state index is 0.535. The van der Waals surface area contributed by atoms with Crippen LogP contribution in [0.4, 0.5) is 5.69 Å². The standard InChI is InChI=1S/C13H19BrN2/c1-13(2)5-3-11(4-6-13)16-12-7-10(14)8-15-9-12/h7-9,11,16H,3-6H2,1-2H3. The topological polar surface area (TPSA) is 24.9 Å². The van der Waals surface area contributed by atoms with Crippen LogP contribution in [0.15, 0.2) is 22.9 Å². The molecule has 2 rings (SSSR count).